The van der Waals surface area contributed by atoms with E-state index in [1.54, 1.807) is 6.92 Å². The average molecular weight is 386 g/mol. The molecule has 2 aromatic rings. The van der Waals surface area contributed by atoms with Gasteiger partial charge in [0.15, 0.2) is 0 Å². The number of hydrogen-bond donors (Lipinski definition) is 1. The van der Waals surface area contributed by atoms with Crippen molar-refractivity contribution in [2.75, 3.05) is 0 Å². The lowest BCUT2D eigenvalue weighted by Crippen LogP contribution is -2.01. The lowest BCUT2D eigenvalue weighted by atomic mass is 10.1. The molecule has 0 aliphatic rings. The molecule has 0 heterocycles. The number of aliphatic hydroxyl groups excluding tert-OH is 1. The van der Waals surface area contributed by atoms with Crippen LogP contribution in [0.3, 0.4) is 0 Å². The normalized spacial score (nSPS) is 12.2. The average Bonchev–Trinajstić information content (AvgIpc) is 2.37. The molecule has 0 aromatic heterocycles. The lowest BCUT2D eigenvalue weighted by Gasteiger charge is -2.14. The van der Waals surface area contributed by atoms with Gasteiger partial charge >= 0.3 is 0 Å². The van der Waals surface area contributed by atoms with Gasteiger partial charge in [0.25, 0.3) is 0 Å². The summed E-state index contributed by atoms with van der Waals surface area (Å²) in [6, 6.07) is 13.6. The van der Waals surface area contributed by atoms with E-state index in [1.807, 2.05) is 42.5 Å². The smallest absolute Gasteiger partial charge is 0.126 e. The highest BCUT2D eigenvalue weighted by atomic mass is 79.9. The topological polar surface area (TPSA) is 29.5 Å². The van der Waals surface area contributed by atoms with E-state index in [1.165, 1.54) is 0 Å². The van der Waals surface area contributed by atoms with Crippen LogP contribution >= 0.6 is 31.9 Å². The first-order chi connectivity index (χ1) is 9.08. The molecule has 0 saturated heterocycles. The molecule has 2 aromatic carbocycles. The molecule has 0 fully saturated rings. The van der Waals surface area contributed by atoms with Crippen LogP contribution in [0.2, 0.25) is 0 Å². The number of aliphatic hydroxyl groups is 1. The minimum atomic E-state index is -0.553. The molecule has 2 nitrogen and oxygen atoms in total. The molecule has 100 valence electrons. The molecule has 2 rings (SSSR count). The van der Waals surface area contributed by atoms with Gasteiger partial charge < -0.3 is 9.84 Å². The quantitative estimate of drug-likeness (QED) is 0.815. The summed E-state index contributed by atoms with van der Waals surface area (Å²) in [5, 5.41) is 9.74. The Kier molecular flexibility index (Phi) is 5.02. The van der Waals surface area contributed by atoms with Gasteiger partial charge in [0.1, 0.15) is 12.4 Å². The molecule has 1 N–H and O–H groups in total. The highest BCUT2D eigenvalue weighted by Gasteiger charge is 2.10. The number of hydrogen-bond acceptors (Lipinski definition) is 2. The van der Waals surface area contributed by atoms with Crippen LogP contribution in [0.4, 0.5) is 0 Å². The van der Waals surface area contributed by atoms with Gasteiger partial charge in [0, 0.05) is 20.1 Å². The summed E-state index contributed by atoms with van der Waals surface area (Å²) in [5.41, 5.74) is 1.86. The highest BCUT2D eigenvalue weighted by molar-refractivity contribution is 9.10. The Hall–Kier alpha value is -0.840. The van der Waals surface area contributed by atoms with Crippen molar-refractivity contribution in [3.8, 4) is 5.75 Å². The fourth-order valence-electron chi connectivity index (χ4n) is 1.75. The zero-order chi connectivity index (χ0) is 13.8. The van der Waals surface area contributed by atoms with Crippen LogP contribution in [0, 0.1) is 0 Å². The van der Waals surface area contributed by atoms with Gasteiger partial charge in [-0.05, 0) is 25.1 Å². The minimum absolute atomic E-state index is 0.456. The predicted molar refractivity (Wildman–Crippen MR) is 83.2 cm³/mol. The SMILES string of the molecule is CC(O)c1ccc(Br)cc1OCc1ccccc1Br. The molecule has 0 aliphatic carbocycles. The van der Waals surface area contributed by atoms with E-state index in [-0.39, 0.29) is 0 Å². The second kappa shape index (κ2) is 6.55. The van der Waals surface area contributed by atoms with Crippen LogP contribution in [-0.2, 0) is 6.61 Å². The van der Waals surface area contributed by atoms with E-state index >= 15 is 0 Å². The van der Waals surface area contributed by atoms with Crippen molar-refractivity contribution >= 4 is 31.9 Å². The van der Waals surface area contributed by atoms with Gasteiger partial charge in [-0.25, -0.2) is 0 Å². The van der Waals surface area contributed by atoms with Crippen molar-refractivity contribution in [1.29, 1.82) is 0 Å². The zero-order valence-electron chi connectivity index (χ0n) is 10.4. The van der Waals surface area contributed by atoms with Crippen LogP contribution in [0.5, 0.6) is 5.75 Å². The Morgan fingerprint density at radius 2 is 1.89 bits per heavy atom. The Balaban J connectivity index is 2.19. The summed E-state index contributed by atoms with van der Waals surface area (Å²) in [6.07, 6.45) is -0.553. The first-order valence-electron chi connectivity index (χ1n) is 5.91. The number of rotatable bonds is 4. The second-order valence-electron chi connectivity index (χ2n) is 4.24. The third-order valence-electron chi connectivity index (χ3n) is 2.77. The molecule has 0 bridgehead atoms. The van der Waals surface area contributed by atoms with E-state index in [4.69, 9.17) is 4.74 Å². The molecule has 0 saturated carbocycles. The second-order valence-corrected chi connectivity index (χ2v) is 6.01. The lowest BCUT2D eigenvalue weighted by molar-refractivity contribution is 0.190. The molecule has 0 amide bonds. The van der Waals surface area contributed by atoms with Crippen LogP contribution in [-0.4, -0.2) is 5.11 Å². The van der Waals surface area contributed by atoms with Crippen molar-refractivity contribution in [3.05, 3.63) is 62.5 Å². The molecular weight excluding hydrogens is 372 g/mol. The molecule has 4 heteroatoms. The van der Waals surface area contributed by atoms with Crippen LogP contribution in [0.25, 0.3) is 0 Å². The summed E-state index contributed by atoms with van der Waals surface area (Å²) < 4.78 is 7.77. The maximum Gasteiger partial charge on any atom is 0.126 e. The van der Waals surface area contributed by atoms with Gasteiger partial charge in [0.2, 0.25) is 0 Å². The van der Waals surface area contributed by atoms with Crippen molar-refractivity contribution in [1.82, 2.24) is 0 Å². The first kappa shape index (κ1) is 14.6. The summed E-state index contributed by atoms with van der Waals surface area (Å²) in [7, 11) is 0. The maximum atomic E-state index is 9.74. The third-order valence-corrected chi connectivity index (χ3v) is 4.03. The van der Waals surface area contributed by atoms with Crippen LogP contribution in [0.15, 0.2) is 51.4 Å². The molecule has 19 heavy (non-hydrogen) atoms. The van der Waals surface area contributed by atoms with Crippen molar-refractivity contribution < 1.29 is 9.84 Å². The summed E-state index contributed by atoms with van der Waals surface area (Å²) >= 11 is 6.91. The fraction of sp³-hybridized carbons (Fsp3) is 0.200. The van der Waals surface area contributed by atoms with Crippen LogP contribution < -0.4 is 4.74 Å². The summed E-state index contributed by atoms with van der Waals surface area (Å²) in [6.45, 7) is 2.19. The molecule has 0 aliphatic heterocycles. The van der Waals surface area contributed by atoms with Gasteiger partial charge in [0.05, 0.1) is 6.10 Å². The fourth-order valence-corrected chi connectivity index (χ4v) is 2.49. The van der Waals surface area contributed by atoms with Gasteiger partial charge in [-0.3, -0.25) is 0 Å². The zero-order valence-corrected chi connectivity index (χ0v) is 13.6. The first-order valence-corrected chi connectivity index (χ1v) is 7.50. The molecule has 1 atom stereocenters. The highest BCUT2D eigenvalue weighted by Crippen LogP contribution is 2.29. The monoisotopic (exact) mass is 384 g/mol. The van der Waals surface area contributed by atoms with Crippen molar-refractivity contribution in [2.24, 2.45) is 0 Å². The van der Waals surface area contributed by atoms with Crippen LogP contribution in [0.1, 0.15) is 24.2 Å². The minimum Gasteiger partial charge on any atom is -0.488 e. The Morgan fingerprint density at radius 1 is 1.16 bits per heavy atom. The summed E-state index contributed by atoms with van der Waals surface area (Å²) in [5.74, 6) is 0.695. The third kappa shape index (κ3) is 3.81. The van der Waals surface area contributed by atoms with Crippen molar-refractivity contribution in [2.45, 2.75) is 19.6 Å². The van der Waals surface area contributed by atoms with Gasteiger partial charge in [-0.2, -0.15) is 0 Å². The van der Waals surface area contributed by atoms with E-state index < -0.39 is 6.10 Å². The molecular formula is C15H14Br2O2. The largest absolute Gasteiger partial charge is 0.488 e. The molecule has 1 unspecified atom stereocenters. The number of benzene rings is 2. The molecule has 0 spiro atoms. The maximum absolute atomic E-state index is 9.74. The molecule has 0 radical (unpaired) electrons. The van der Waals surface area contributed by atoms with E-state index in [0.717, 1.165) is 20.1 Å². The van der Waals surface area contributed by atoms with Gasteiger partial charge in [-0.15, -0.1) is 0 Å². The van der Waals surface area contributed by atoms with E-state index in [2.05, 4.69) is 31.9 Å². The Labute approximate surface area is 129 Å². The standard InChI is InChI=1S/C15H14Br2O2/c1-10(18)13-7-6-12(16)8-15(13)19-9-11-4-2-3-5-14(11)17/h2-8,10,18H,9H2,1H3. The van der Waals surface area contributed by atoms with Crippen molar-refractivity contribution in [3.63, 3.8) is 0 Å². The Morgan fingerprint density at radius 3 is 2.58 bits per heavy atom. The van der Waals surface area contributed by atoms with Gasteiger partial charge in [-0.1, -0.05) is 56.1 Å². The number of ether oxygens (including phenoxy) is 1. The van der Waals surface area contributed by atoms with E-state index in [0.29, 0.717) is 12.4 Å². The predicted octanol–water partition coefficient (Wildman–Crippen LogP) is 4.84. The summed E-state index contributed by atoms with van der Waals surface area (Å²) in [4.78, 5) is 0. The van der Waals surface area contributed by atoms with E-state index in [9.17, 15) is 5.11 Å². The number of halogens is 2. The Bertz CT molecular complexity index is 568.